The predicted octanol–water partition coefficient (Wildman–Crippen LogP) is 5.06. The van der Waals surface area contributed by atoms with Crippen LogP contribution in [0.3, 0.4) is 0 Å². The van der Waals surface area contributed by atoms with Crippen molar-refractivity contribution >= 4 is 28.3 Å². The number of halogens is 1. The number of nitrogens with one attached hydrogen (secondary N) is 3. The lowest BCUT2D eigenvalue weighted by atomic mass is 9.95. The third-order valence-electron chi connectivity index (χ3n) is 7.82. The Labute approximate surface area is 279 Å². The minimum Gasteiger partial charge on any atom is -0.302 e. The minimum absolute atomic E-state index is 0.0163. The fourth-order valence-corrected chi connectivity index (χ4v) is 5.87. The summed E-state index contributed by atoms with van der Waals surface area (Å²) in [4.78, 5) is 68.8. The van der Waals surface area contributed by atoms with E-state index in [2.05, 4.69) is 21.0 Å². The van der Waals surface area contributed by atoms with E-state index in [1.807, 2.05) is 45.0 Å². The van der Waals surface area contributed by atoms with E-state index in [1.165, 1.54) is 10.6 Å². The van der Waals surface area contributed by atoms with Crippen LogP contribution in [0, 0.1) is 36.5 Å². The molecule has 246 valence electrons. The maximum absolute atomic E-state index is 13.2. The molecule has 13 heteroatoms. The van der Waals surface area contributed by atoms with Crippen LogP contribution in [-0.2, 0) is 6.54 Å². The van der Waals surface area contributed by atoms with Gasteiger partial charge in [-0.2, -0.15) is 10.5 Å². The molecule has 0 unspecified atom stereocenters. The number of H-pyrrole nitrogens is 3. The second kappa shape index (κ2) is 14.0. The number of rotatable bonds is 6. The van der Waals surface area contributed by atoms with Gasteiger partial charge in [0.2, 0.25) is 5.78 Å². The Morgan fingerprint density at radius 3 is 2.12 bits per heavy atom. The molecule has 0 saturated carbocycles. The van der Waals surface area contributed by atoms with Gasteiger partial charge in [-0.3, -0.25) is 33.9 Å². The summed E-state index contributed by atoms with van der Waals surface area (Å²) >= 11 is 6.27. The van der Waals surface area contributed by atoms with Crippen molar-refractivity contribution in [3.8, 4) is 18.0 Å². The molecule has 5 aromatic rings. The lowest BCUT2D eigenvalue weighted by Crippen LogP contribution is -2.37. The van der Waals surface area contributed by atoms with Gasteiger partial charge in [-0.05, 0) is 74.1 Å². The molecule has 0 spiro atoms. The molecule has 3 N–H and O–H groups in total. The Bertz CT molecular complexity index is 2410. The van der Waals surface area contributed by atoms with Crippen LogP contribution in [0.25, 0.3) is 16.7 Å². The van der Waals surface area contributed by atoms with Gasteiger partial charge in [-0.25, -0.2) is 9.59 Å². The molecule has 0 amide bonds. The number of aromatic nitrogens is 5. The molecule has 3 aromatic heterocycles. The number of fused-ring (bicyclic) bond motifs is 1. The van der Waals surface area contributed by atoms with E-state index in [0.29, 0.717) is 22.5 Å². The van der Waals surface area contributed by atoms with Gasteiger partial charge in [-0.15, -0.1) is 0 Å². The molecule has 0 bridgehead atoms. The van der Waals surface area contributed by atoms with E-state index in [9.17, 15) is 29.2 Å². The van der Waals surface area contributed by atoms with Crippen molar-refractivity contribution in [2.45, 2.75) is 66.8 Å². The van der Waals surface area contributed by atoms with Crippen molar-refractivity contribution in [1.82, 2.24) is 24.1 Å². The number of nitriles is 2. The zero-order valence-corrected chi connectivity index (χ0v) is 28.3. The molecule has 12 nitrogen and oxygen atoms in total. The number of nitrogens with zero attached hydrogens (tertiary/aromatic N) is 4. The third kappa shape index (κ3) is 6.57. The fraction of sp³-hybridized carbons (Fsp3) is 0.286. The first-order valence-corrected chi connectivity index (χ1v) is 15.5. The SMILES string of the molecule is CCn1c(C(=O)c2cc(C#N)cc(C)c2Cl)c(C(C)C)c(=O)[nH]c1=O.Cc1cc(C#N)c2ccn(-c3[nH]c(=O)[nH]c(=O)c3C(C)C)c2c1. The molecule has 0 atom stereocenters. The van der Waals surface area contributed by atoms with Crippen LogP contribution in [-0.4, -0.2) is 29.9 Å². The first kappa shape index (κ1) is 35.1. The number of ketones is 1. The molecule has 2 aromatic carbocycles. The summed E-state index contributed by atoms with van der Waals surface area (Å²) in [6.07, 6.45) is 1.77. The summed E-state index contributed by atoms with van der Waals surface area (Å²) in [7, 11) is 0. The van der Waals surface area contributed by atoms with Gasteiger partial charge in [0.1, 0.15) is 11.5 Å². The average molecular weight is 668 g/mol. The van der Waals surface area contributed by atoms with E-state index >= 15 is 0 Å². The second-order valence-electron chi connectivity index (χ2n) is 11.9. The highest BCUT2D eigenvalue weighted by atomic mass is 35.5. The third-order valence-corrected chi connectivity index (χ3v) is 8.32. The molecule has 48 heavy (non-hydrogen) atoms. The van der Waals surface area contributed by atoms with E-state index in [1.54, 1.807) is 44.5 Å². The van der Waals surface area contributed by atoms with Crippen LogP contribution in [0.15, 0.2) is 55.7 Å². The molecule has 0 saturated heterocycles. The van der Waals surface area contributed by atoms with E-state index in [0.717, 1.165) is 16.5 Å². The van der Waals surface area contributed by atoms with E-state index < -0.39 is 28.3 Å². The van der Waals surface area contributed by atoms with Crippen molar-refractivity contribution in [1.29, 1.82) is 10.5 Å². The summed E-state index contributed by atoms with van der Waals surface area (Å²) < 4.78 is 2.99. The highest BCUT2D eigenvalue weighted by Crippen LogP contribution is 2.28. The predicted molar refractivity (Wildman–Crippen MR) is 183 cm³/mol. The summed E-state index contributed by atoms with van der Waals surface area (Å²) in [5, 5.41) is 19.4. The van der Waals surface area contributed by atoms with Gasteiger partial charge in [0.15, 0.2) is 0 Å². The number of hydrogen-bond donors (Lipinski definition) is 3. The lowest BCUT2D eigenvalue weighted by Gasteiger charge is -2.17. The summed E-state index contributed by atoms with van der Waals surface area (Å²) in [5.41, 5.74) is 1.81. The first-order valence-electron chi connectivity index (χ1n) is 15.2. The van der Waals surface area contributed by atoms with Crippen LogP contribution in [0.5, 0.6) is 0 Å². The molecule has 0 radical (unpaired) electrons. The molecule has 0 aliphatic carbocycles. The molecule has 0 aliphatic rings. The Balaban J connectivity index is 0.000000217. The molecule has 0 aliphatic heterocycles. The van der Waals surface area contributed by atoms with Gasteiger partial charge in [0.25, 0.3) is 11.1 Å². The van der Waals surface area contributed by atoms with Gasteiger partial charge in [0.05, 0.1) is 39.4 Å². The Kier molecular flexibility index (Phi) is 10.2. The Hall–Kier alpha value is -5.72. The second-order valence-corrected chi connectivity index (χ2v) is 12.3. The summed E-state index contributed by atoms with van der Waals surface area (Å²) in [5.74, 6) is -0.444. The zero-order valence-electron chi connectivity index (χ0n) is 27.5. The van der Waals surface area contributed by atoms with Crippen LogP contribution >= 0.6 is 11.6 Å². The molecule has 0 fully saturated rings. The number of carbonyl (C=O) groups is 1. The van der Waals surface area contributed by atoms with E-state index in [-0.39, 0.29) is 45.8 Å². The minimum atomic E-state index is -0.649. The molecule has 5 rings (SSSR count). The van der Waals surface area contributed by atoms with Crippen LogP contribution in [0.1, 0.15) is 95.9 Å². The lowest BCUT2D eigenvalue weighted by molar-refractivity contribution is 0.102. The Morgan fingerprint density at radius 2 is 1.54 bits per heavy atom. The molecule has 3 heterocycles. The average Bonchev–Trinajstić information content (AvgIpc) is 3.44. The number of aryl methyl sites for hydroxylation is 2. The number of benzene rings is 2. The maximum Gasteiger partial charge on any atom is 0.328 e. The van der Waals surface area contributed by atoms with Crippen LogP contribution < -0.4 is 22.5 Å². The van der Waals surface area contributed by atoms with Gasteiger partial charge in [0, 0.05) is 29.3 Å². The van der Waals surface area contributed by atoms with Crippen molar-refractivity contribution in [2.24, 2.45) is 0 Å². The highest BCUT2D eigenvalue weighted by molar-refractivity contribution is 6.35. The fourth-order valence-electron chi connectivity index (χ4n) is 5.68. The van der Waals surface area contributed by atoms with Crippen molar-refractivity contribution in [3.05, 3.63) is 128 Å². The van der Waals surface area contributed by atoms with Crippen molar-refractivity contribution in [2.75, 3.05) is 0 Å². The molecular formula is C35H34ClN7O5. The van der Waals surface area contributed by atoms with Gasteiger partial charge in [-0.1, -0.05) is 39.3 Å². The highest BCUT2D eigenvalue weighted by Gasteiger charge is 2.26. The first-order chi connectivity index (χ1) is 22.6. The quantitative estimate of drug-likeness (QED) is 0.211. The molecular weight excluding hydrogens is 634 g/mol. The maximum atomic E-state index is 13.2. The van der Waals surface area contributed by atoms with Crippen LogP contribution in [0.2, 0.25) is 5.02 Å². The number of hydrogen-bond acceptors (Lipinski definition) is 7. The number of aromatic amines is 3. The Morgan fingerprint density at radius 1 is 0.896 bits per heavy atom. The monoisotopic (exact) mass is 667 g/mol. The van der Waals surface area contributed by atoms with Gasteiger partial charge < -0.3 is 4.57 Å². The zero-order chi connectivity index (χ0) is 35.6. The standard InChI is InChI=1S/C18H18ClN3O3.C17H16N4O2/c1-5-22-15(13(9(2)3)17(24)21-18(22)25)16(23)12-7-11(8-20)6-10(4)14(12)19;1-9(2)14-15(19-17(23)20-16(14)22)21-5-4-12-11(8-18)6-10(3)7-13(12)21/h6-7,9H,5H2,1-4H3,(H,21,24,25);4-7,9H,1-3H3,(H2,19,20,22,23). The summed E-state index contributed by atoms with van der Waals surface area (Å²) in [6, 6.07) is 12.7. The smallest absolute Gasteiger partial charge is 0.302 e. The normalized spacial score (nSPS) is 10.9. The largest absolute Gasteiger partial charge is 0.328 e. The topological polar surface area (TPSA) is 190 Å². The number of carbonyl (C=O) groups excluding carboxylic acids is 1. The van der Waals surface area contributed by atoms with Crippen molar-refractivity contribution in [3.63, 3.8) is 0 Å². The van der Waals surface area contributed by atoms with E-state index in [4.69, 9.17) is 16.9 Å². The van der Waals surface area contributed by atoms with Crippen molar-refractivity contribution < 1.29 is 4.79 Å². The van der Waals surface area contributed by atoms with Crippen LogP contribution in [0.4, 0.5) is 0 Å². The van der Waals surface area contributed by atoms with Gasteiger partial charge >= 0.3 is 11.4 Å². The summed E-state index contributed by atoms with van der Waals surface area (Å²) in [6.45, 7) is 12.8.